The van der Waals surface area contributed by atoms with E-state index >= 15 is 0 Å². The Bertz CT molecular complexity index is 2960. The summed E-state index contributed by atoms with van der Waals surface area (Å²) in [6.07, 6.45) is 0. The third-order valence-electron chi connectivity index (χ3n) is 7.12. The maximum absolute atomic E-state index is 9.28. The van der Waals surface area contributed by atoms with Crippen molar-refractivity contribution in [2.75, 3.05) is 0 Å². The molecule has 186 valence electrons. The van der Waals surface area contributed by atoms with Crippen LogP contribution in [-0.4, -0.2) is 0 Å². The first-order valence-corrected chi connectivity index (χ1v) is 12.6. The van der Waals surface area contributed by atoms with Gasteiger partial charge in [0, 0.05) is 0 Å². The third-order valence-corrected chi connectivity index (χ3v) is 7.12. The number of hydrogen-bond donors (Lipinski definition) is 0. The van der Waals surface area contributed by atoms with Crippen LogP contribution in [0.1, 0.15) is 20.6 Å². The molecular formula is C40H26. The summed E-state index contributed by atoms with van der Waals surface area (Å²) >= 11 is 0. The van der Waals surface area contributed by atoms with E-state index in [4.69, 9.17) is 15.1 Å². The molecule has 0 bridgehead atoms. The van der Waals surface area contributed by atoms with Crippen LogP contribution in [0.3, 0.4) is 0 Å². The Kier molecular flexibility index (Phi) is 2.84. The molecule has 0 radical (unpaired) electrons. The molecule has 0 aromatic heterocycles. The monoisotopic (exact) mass is 521 g/mol. The molecule has 0 unspecified atom stereocenters. The summed E-state index contributed by atoms with van der Waals surface area (Å²) in [5.74, 6) is 0. The maximum Gasteiger partial charge on any atom is 0.0636 e. The van der Waals surface area contributed by atoms with Crippen molar-refractivity contribution in [1.29, 1.82) is 0 Å². The van der Waals surface area contributed by atoms with Gasteiger partial charge in [0.2, 0.25) is 0 Å². The zero-order valence-electron chi connectivity index (χ0n) is 35.9. The van der Waals surface area contributed by atoms with E-state index in [-0.39, 0.29) is 60.1 Å². The average Bonchev–Trinajstić information content (AvgIpc) is 3.19. The molecule has 0 fully saturated rings. The first kappa shape index (κ1) is 12.3. The largest absolute Gasteiger partial charge is 0.0636 e. The molecule has 8 aromatic carbocycles. The molecule has 0 atom stereocenters. The molecule has 40 heavy (non-hydrogen) atoms. The number of hydrogen-bond acceptors (Lipinski definition) is 0. The molecule has 0 spiro atoms. The van der Waals surface area contributed by atoms with Crippen molar-refractivity contribution < 1.29 is 20.6 Å². The van der Waals surface area contributed by atoms with Crippen LogP contribution in [0.15, 0.2) is 157 Å². The van der Waals surface area contributed by atoms with Gasteiger partial charge in [-0.25, -0.2) is 0 Å². The number of rotatable bonds is 3. The lowest BCUT2D eigenvalue weighted by atomic mass is 9.84. The third kappa shape index (κ3) is 3.61. The Labute approximate surface area is 254 Å². The van der Waals surface area contributed by atoms with Crippen LogP contribution in [-0.2, 0) is 0 Å². The van der Waals surface area contributed by atoms with Crippen molar-refractivity contribution in [3.63, 3.8) is 0 Å². The number of fused-ring (bicyclic) bond motifs is 4. The van der Waals surface area contributed by atoms with E-state index in [0.29, 0.717) is 10.9 Å². The first-order valence-electron chi connectivity index (χ1n) is 20.1. The minimum Gasteiger partial charge on any atom is -0.0616 e. The van der Waals surface area contributed by atoms with E-state index in [1.54, 1.807) is 24.3 Å². The van der Waals surface area contributed by atoms with Crippen LogP contribution >= 0.6 is 0 Å². The van der Waals surface area contributed by atoms with Gasteiger partial charge in [-0.05, 0) is 88.6 Å². The highest BCUT2D eigenvalue weighted by Crippen LogP contribution is 2.45. The highest BCUT2D eigenvalue weighted by molar-refractivity contribution is 6.23. The molecule has 0 heteroatoms. The van der Waals surface area contributed by atoms with Gasteiger partial charge < -0.3 is 0 Å². The van der Waals surface area contributed by atoms with E-state index in [0.717, 1.165) is 5.39 Å². The van der Waals surface area contributed by atoms with Gasteiger partial charge in [0.25, 0.3) is 0 Å². The Balaban J connectivity index is 1.59. The van der Waals surface area contributed by atoms with Crippen LogP contribution in [0, 0.1) is 0 Å². The van der Waals surface area contributed by atoms with Gasteiger partial charge in [-0.15, -0.1) is 0 Å². The molecule has 0 aliphatic heterocycles. The van der Waals surface area contributed by atoms with Crippen molar-refractivity contribution in [3.8, 4) is 33.4 Å². The summed E-state index contributed by atoms with van der Waals surface area (Å²) in [6.45, 7) is 0. The predicted octanol–water partition coefficient (Wildman–Crippen LogP) is 11.3. The van der Waals surface area contributed by atoms with Gasteiger partial charge in [-0.3, -0.25) is 0 Å². The second-order valence-corrected chi connectivity index (χ2v) is 9.36. The average molecular weight is 522 g/mol. The standard InChI is InChI=1S/C40H26/c1-2-13-29-25-31(24-23-27(29)11-1)30-15-9-16-32(26-30)39-35-18-5-7-20-37(35)40(38-21-8-6-19-36(38)39)34-22-10-14-28-12-3-4-17-33(28)34/h1-26H/i1D,2D,5D,6D,7D,8D,11D,13D,18D,19D,20D,21D,23D,24D,25D. The van der Waals surface area contributed by atoms with Crippen LogP contribution < -0.4 is 0 Å². The Morgan fingerprint density at radius 2 is 0.975 bits per heavy atom. The molecule has 0 N–H and O–H groups in total. The molecule has 0 nitrogen and oxygen atoms in total. The van der Waals surface area contributed by atoms with Crippen molar-refractivity contribution >= 4 is 43.1 Å². The molecule has 8 rings (SSSR count). The van der Waals surface area contributed by atoms with Crippen molar-refractivity contribution in [2.45, 2.75) is 0 Å². The second-order valence-electron chi connectivity index (χ2n) is 9.36. The quantitative estimate of drug-likeness (QED) is 0.203. The Morgan fingerprint density at radius 1 is 0.375 bits per heavy atom. The molecule has 0 aliphatic rings. The topological polar surface area (TPSA) is 0 Å². The molecule has 0 saturated carbocycles. The first-order chi connectivity index (χ1) is 26.1. The highest BCUT2D eigenvalue weighted by Gasteiger charge is 2.18. The van der Waals surface area contributed by atoms with Crippen molar-refractivity contribution in [2.24, 2.45) is 0 Å². The van der Waals surface area contributed by atoms with Gasteiger partial charge in [0.15, 0.2) is 0 Å². The van der Waals surface area contributed by atoms with Crippen LogP contribution in [0.5, 0.6) is 0 Å². The van der Waals surface area contributed by atoms with Crippen LogP contribution in [0.25, 0.3) is 76.5 Å². The summed E-state index contributed by atoms with van der Waals surface area (Å²) in [4.78, 5) is 0. The molecular weight excluding hydrogens is 480 g/mol. The lowest BCUT2D eigenvalue weighted by Gasteiger charge is -2.19. The fourth-order valence-electron chi connectivity index (χ4n) is 5.38. The minimum absolute atomic E-state index is 0.0189. The van der Waals surface area contributed by atoms with Gasteiger partial charge >= 0.3 is 0 Å². The van der Waals surface area contributed by atoms with Crippen LogP contribution in [0.2, 0.25) is 0 Å². The summed E-state index contributed by atoms with van der Waals surface area (Å²) < 4.78 is 132. The van der Waals surface area contributed by atoms with Crippen LogP contribution in [0.4, 0.5) is 0 Å². The summed E-state index contributed by atoms with van der Waals surface area (Å²) in [7, 11) is 0. The fourth-order valence-corrected chi connectivity index (χ4v) is 5.38. The van der Waals surface area contributed by atoms with E-state index < -0.39 is 90.6 Å². The number of benzene rings is 8. The lowest BCUT2D eigenvalue weighted by molar-refractivity contribution is 1.63. The molecule has 0 saturated heterocycles. The van der Waals surface area contributed by atoms with E-state index in [9.17, 15) is 5.48 Å². The minimum atomic E-state index is -0.602. The summed E-state index contributed by atoms with van der Waals surface area (Å²) in [5, 5.41) is 0.986. The predicted molar refractivity (Wildman–Crippen MR) is 173 cm³/mol. The molecule has 8 aromatic rings. The SMILES string of the molecule is [2H]c1c([2H])c([2H])c2c([2H])c(-c3cccc(-c4c5c([2H])c([2H])c([2H])c([2H])c5c(-c5cccc6ccccc56)c5c([2H])c([2H])c([2H])c([2H])c45)c3)c([2H])c([2H])c2c1[2H]. The van der Waals surface area contributed by atoms with Gasteiger partial charge in [0.1, 0.15) is 0 Å². The van der Waals surface area contributed by atoms with E-state index in [2.05, 4.69) is 0 Å². The Morgan fingerprint density at radius 3 is 1.75 bits per heavy atom. The van der Waals surface area contributed by atoms with E-state index in [1.807, 2.05) is 30.3 Å². The summed E-state index contributed by atoms with van der Waals surface area (Å²) in [6, 6.07) is 11.2. The van der Waals surface area contributed by atoms with E-state index in [1.165, 1.54) is 12.1 Å². The molecule has 0 amide bonds. The zero-order chi connectivity index (χ0) is 39.5. The lowest BCUT2D eigenvalue weighted by Crippen LogP contribution is -1.92. The van der Waals surface area contributed by atoms with Crippen molar-refractivity contribution in [3.05, 3.63) is 157 Å². The Hall–Kier alpha value is -5.20. The normalized spacial score (nSPS) is 16.8. The maximum atomic E-state index is 9.28. The fraction of sp³-hybridized carbons (Fsp3) is 0. The zero-order valence-corrected chi connectivity index (χ0v) is 20.9. The molecule has 0 heterocycles. The van der Waals surface area contributed by atoms with Crippen molar-refractivity contribution in [1.82, 2.24) is 0 Å². The highest BCUT2D eigenvalue weighted by atomic mass is 14.2. The second kappa shape index (κ2) is 9.22. The summed E-state index contributed by atoms with van der Waals surface area (Å²) in [5.41, 5.74) is 0.995. The van der Waals surface area contributed by atoms with Gasteiger partial charge in [-0.2, -0.15) is 0 Å². The molecule has 0 aliphatic carbocycles. The smallest absolute Gasteiger partial charge is 0.0616 e. The van der Waals surface area contributed by atoms with Gasteiger partial charge in [-0.1, -0.05) is 145 Å². The van der Waals surface area contributed by atoms with Gasteiger partial charge in [0.05, 0.1) is 20.6 Å².